The van der Waals surface area contributed by atoms with E-state index in [4.69, 9.17) is 4.74 Å². The maximum atomic E-state index is 6.01. The van der Waals surface area contributed by atoms with Crippen LogP contribution in [0.5, 0.6) is 0 Å². The minimum Gasteiger partial charge on any atom is -0.377 e. The van der Waals surface area contributed by atoms with Gasteiger partial charge in [0.1, 0.15) is 0 Å². The summed E-state index contributed by atoms with van der Waals surface area (Å²) in [6, 6.07) is 1.46. The van der Waals surface area contributed by atoms with Crippen molar-refractivity contribution >= 4 is 0 Å². The molecule has 1 aromatic heterocycles. The van der Waals surface area contributed by atoms with Gasteiger partial charge in [-0.1, -0.05) is 6.42 Å². The Bertz CT molecular complexity index is 520. The highest BCUT2D eigenvalue weighted by Crippen LogP contribution is 2.63. The van der Waals surface area contributed by atoms with Crippen molar-refractivity contribution in [1.82, 2.24) is 15.1 Å². The molecule has 1 spiro atoms. The summed E-state index contributed by atoms with van der Waals surface area (Å²) in [7, 11) is 0. The lowest BCUT2D eigenvalue weighted by Crippen LogP contribution is -2.71. The topological polar surface area (TPSA) is 39.1 Å². The van der Waals surface area contributed by atoms with Gasteiger partial charge >= 0.3 is 0 Å². The van der Waals surface area contributed by atoms with E-state index in [1.807, 2.05) is 6.20 Å². The molecule has 1 N–H and O–H groups in total. The summed E-state index contributed by atoms with van der Waals surface area (Å²) in [6.07, 6.45) is 10.1. The van der Waals surface area contributed by atoms with E-state index in [2.05, 4.69) is 42.1 Å². The number of nitrogens with zero attached hydrogens (tertiary/aromatic N) is 2. The lowest BCUT2D eigenvalue weighted by Gasteiger charge is -2.64. The standard InChI is InChI=1S/C17H27N3O/c1-11(2)20-10-13(9-18-20)12(3)19-15-14-5-8-21-16(14)17(15)6-4-7-17/h9-12,14-16,19H,4-8H2,1-3H3/t12-,14-,15+,16-/m0/s1. The minimum atomic E-state index is 0.376. The second-order valence-electron chi connectivity index (χ2n) is 7.54. The SMILES string of the molecule is CC(C)n1cc([C@H](C)N[C@@H]2[C@@H]3CCO[C@@H]3C23CCC3)cn1. The number of rotatable bonds is 4. The second-order valence-corrected chi connectivity index (χ2v) is 7.54. The average Bonchev–Trinajstić information content (AvgIpc) is 3.01. The molecule has 4 rings (SSSR count). The molecular formula is C17H27N3O. The molecule has 2 heterocycles. The van der Waals surface area contributed by atoms with E-state index < -0.39 is 0 Å². The Morgan fingerprint density at radius 2 is 2.19 bits per heavy atom. The van der Waals surface area contributed by atoms with Crippen molar-refractivity contribution in [2.24, 2.45) is 11.3 Å². The third kappa shape index (κ3) is 1.92. The van der Waals surface area contributed by atoms with Crippen LogP contribution in [0.1, 0.15) is 64.1 Å². The zero-order chi connectivity index (χ0) is 14.6. The molecule has 116 valence electrons. The van der Waals surface area contributed by atoms with Gasteiger partial charge in [-0.15, -0.1) is 0 Å². The van der Waals surface area contributed by atoms with Crippen LogP contribution in [0.15, 0.2) is 12.4 Å². The molecule has 0 bridgehead atoms. The van der Waals surface area contributed by atoms with Gasteiger partial charge in [-0.3, -0.25) is 4.68 Å². The summed E-state index contributed by atoms with van der Waals surface area (Å²) < 4.78 is 8.06. The van der Waals surface area contributed by atoms with Crippen LogP contribution in [0.2, 0.25) is 0 Å². The van der Waals surface area contributed by atoms with E-state index in [1.165, 1.54) is 31.2 Å². The largest absolute Gasteiger partial charge is 0.377 e. The fraction of sp³-hybridized carbons (Fsp3) is 0.824. The molecule has 2 saturated carbocycles. The Kier molecular flexibility index (Phi) is 3.16. The third-order valence-corrected chi connectivity index (χ3v) is 6.12. The molecule has 2 aliphatic carbocycles. The molecule has 4 nitrogen and oxygen atoms in total. The Hall–Kier alpha value is -0.870. The molecule has 0 amide bonds. The van der Waals surface area contributed by atoms with Gasteiger partial charge in [0.15, 0.2) is 0 Å². The van der Waals surface area contributed by atoms with Crippen LogP contribution in [0.25, 0.3) is 0 Å². The van der Waals surface area contributed by atoms with Crippen LogP contribution in [-0.2, 0) is 4.74 Å². The van der Waals surface area contributed by atoms with Crippen LogP contribution in [0.3, 0.4) is 0 Å². The second kappa shape index (κ2) is 4.82. The molecule has 0 radical (unpaired) electrons. The smallest absolute Gasteiger partial charge is 0.0690 e. The molecule has 0 aromatic carbocycles. The molecular weight excluding hydrogens is 262 g/mol. The molecule has 21 heavy (non-hydrogen) atoms. The first-order valence-electron chi connectivity index (χ1n) is 8.53. The van der Waals surface area contributed by atoms with Gasteiger partial charge in [0, 0.05) is 47.8 Å². The zero-order valence-corrected chi connectivity index (χ0v) is 13.4. The highest BCUT2D eigenvalue weighted by molar-refractivity contribution is 5.20. The Balaban J connectivity index is 1.47. The average molecular weight is 289 g/mol. The maximum Gasteiger partial charge on any atom is 0.0690 e. The number of hydrogen-bond donors (Lipinski definition) is 1. The summed E-state index contributed by atoms with van der Waals surface area (Å²) in [5.41, 5.74) is 1.77. The predicted octanol–water partition coefficient (Wildman–Crippen LogP) is 3.07. The molecule has 1 aliphatic heterocycles. The van der Waals surface area contributed by atoms with E-state index in [-0.39, 0.29) is 0 Å². The Morgan fingerprint density at radius 3 is 2.81 bits per heavy atom. The van der Waals surface area contributed by atoms with Gasteiger partial charge in [0.05, 0.1) is 12.3 Å². The van der Waals surface area contributed by atoms with E-state index in [1.54, 1.807) is 0 Å². The van der Waals surface area contributed by atoms with Crippen molar-refractivity contribution in [3.8, 4) is 0 Å². The molecule has 3 fully saturated rings. The predicted molar refractivity (Wildman–Crippen MR) is 82.1 cm³/mol. The summed E-state index contributed by atoms with van der Waals surface area (Å²) in [6.45, 7) is 7.58. The molecule has 1 aromatic rings. The molecule has 1 saturated heterocycles. The molecule has 4 atom stereocenters. The van der Waals surface area contributed by atoms with Crippen molar-refractivity contribution in [3.05, 3.63) is 18.0 Å². The highest BCUT2D eigenvalue weighted by atomic mass is 16.5. The number of ether oxygens (including phenoxy) is 1. The third-order valence-electron chi connectivity index (χ3n) is 6.12. The zero-order valence-electron chi connectivity index (χ0n) is 13.4. The van der Waals surface area contributed by atoms with E-state index in [0.29, 0.717) is 29.6 Å². The Labute approximate surface area is 127 Å². The first-order valence-corrected chi connectivity index (χ1v) is 8.53. The lowest BCUT2D eigenvalue weighted by atomic mass is 9.46. The first-order chi connectivity index (χ1) is 10.1. The van der Waals surface area contributed by atoms with Crippen molar-refractivity contribution < 1.29 is 4.74 Å². The van der Waals surface area contributed by atoms with Gasteiger partial charge in [-0.2, -0.15) is 5.10 Å². The Morgan fingerprint density at radius 1 is 1.38 bits per heavy atom. The van der Waals surface area contributed by atoms with E-state index >= 15 is 0 Å². The van der Waals surface area contributed by atoms with Crippen molar-refractivity contribution in [3.63, 3.8) is 0 Å². The number of fused-ring (bicyclic) bond motifs is 2. The minimum absolute atomic E-state index is 0.376. The van der Waals surface area contributed by atoms with Gasteiger partial charge in [-0.25, -0.2) is 0 Å². The quantitative estimate of drug-likeness (QED) is 0.926. The summed E-state index contributed by atoms with van der Waals surface area (Å²) in [5, 5.41) is 8.39. The number of nitrogens with one attached hydrogen (secondary N) is 1. The summed E-state index contributed by atoms with van der Waals surface area (Å²) in [4.78, 5) is 0. The fourth-order valence-corrected chi connectivity index (χ4v) is 4.72. The van der Waals surface area contributed by atoms with Gasteiger partial charge < -0.3 is 10.1 Å². The van der Waals surface area contributed by atoms with Crippen LogP contribution in [0.4, 0.5) is 0 Å². The van der Waals surface area contributed by atoms with Gasteiger partial charge in [0.2, 0.25) is 0 Å². The monoisotopic (exact) mass is 289 g/mol. The lowest BCUT2D eigenvalue weighted by molar-refractivity contribution is -0.178. The van der Waals surface area contributed by atoms with Crippen molar-refractivity contribution in [2.45, 2.75) is 70.7 Å². The normalized spacial score (nSPS) is 34.6. The maximum absolute atomic E-state index is 6.01. The first kappa shape index (κ1) is 13.8. The summed E-state index contributed by atoms with van der Waals surface area (Å²) in [5.74, 6) is 0.743. The van der Waals surface area contributed by atoms with E-state index in [9.17, 15) is 0 Å². The van der Waals surface area contributed by atoms with Crippen molar-refractivity contribution in [2.75, 3.05) is 6.61 Å². The van der Waals surface area contributed by atoms with E-state index in [0.717, 1.165) is 12.5 Å². The summed E-state index contributed by atoms with van der Waals surface area (Å²) >= 11 is 0. The number of aromatic nitrogens is 2. The van der Waals surface area contributed by atoms with Crippen LogP contribution >= 0.6 is 0 Å². The highest BCUT2D eigenvalue weighted by Gasteiger charge is 2.66. The van der Waals surface area contributed by atoms with Crippen molar-refractivity contribution in [1.29, 1.82) is 0 Å². The van der Waals surface area contributed by atoms with Gasteiger partial charge in [0.25, 0.3) is 0 Å². The molecule has 3 aliphatic rings. The molecule has 4 heteroatoms. The fourth-order valence-electron chi connectivity index (χ4n) is 4.72. The van der Waals surface area contributed by atoms with Crippen LogP contribution in [0, 0.1) is 11.3 Å². The van der Waals surface area contributed by atoms with Crippen LogP contribution in [-0.4, -0.2) is 28.5 Å². The number of hydrogen-bond acceptors (Lipinski definition) is 3. The van der Waals surface area contributed by atoms with Crippen LogP contribution < -0.4 is 5.32 Å². The van der Waals surface area contributed by atoms with Gasteiger partial charge in [-0.05, 0) is 40.0 Å². The molecule has 0 unspecified atom stereocenters.